The van der Waals surface area contributed by atoms with Gasteiger partial charge in [-0.2, -0.15) is 11.8 Å². The fourth-order valence-electron chi connectivity index (χ4n) is 1.41. The van der Waals surface area contributed by atoms with E-state index in [0.29, 0.717) is 6.42 Å². The molecular formula is C9H17NO3S. The molecule has 0 aromatic rings. The summed E-state index contributed by atoms with van der Waals surface area (Å²) < 4.78 is 5.35. The summed E-state index contributed by atoms with van der Waals surface area (Å²) in [6, 6.07) is 0. The highest BCUT2D eigenvalue weighted by molar-refractivity contribution is 7.99. The van der Waals surface area contributed by atoms with Crippen molar-refractivity contribution in [3.05, 3.63) is 0 Å². The zero-order valence-corrected chi connectivity index (χ0v) is 8.96. The minimum atomic E-state index is -0.834. The van der Waals surface area contributed by atoms with E-state index < -0.39 is 12.1 Å². The lowest BCUT2D eigenvalue weighted by molar-refractivity contribution is -0.148. The fraction of sp³-hybridized carbons (Fsp3) is 0.889. The van der Waals surface area contributed by atoms with Crippen LogP contribution in [0.1, 0.15) is 19.3 Å². The van der Waals surface area contributed by atoms with Gasteiger partial charge in [0.05, 0.1) is 6.10 Å². The first-order valence-electron chi connectivity index (χ1n) is 4.90. The summed E-state index contributed by atoms with van der Waals surface area (Å²) in [4.78, 5) is 10.6. The third-order valence-corrected chi connectivity index (χ3v) is 3.36. The van der Waals surface area contributed by atoms with E-state index in [1.165, 1.54) is 0 Å². The zero-order chi connectivity index (χ0) is 10.4. The second kappa shape index (κ2) is 6.27. The van der Waals surface area contributed by atoms with Crippen LogP contribution in [0.5, 0.6) is 0 Å². The molecule has 2 atom stereocenters. The molecule has 82 valence electrons. The lowest BCUT2D eigenvalue weighted by Gasteiger charge is -2.10. The Kier molecular flexibility index (Phi) is 5.29. The Morgan fingerprint density at radius 2 is 2.36 bits per heavy atom. The summed E-state index contributed by atoms with van der Waals surface area (Å²) in [5, 5.41) is 8.69. The van der Waals surface area contributed by atoms with E-state index in [2.05, 4.69) is 0 Å². The molecule has 1 saturated heterocycles. The van der Waals surface area contributed by atoms with Gasteiger partial charge in [0.15, 0.2) is 6.10 Å². The Hall–Kier alpha value is -0.260. The second-order valence-electron chi connectivity index (χ2n) is 3.38. The van der Waals surface area contributed by atoms with Crippen LogP contribution in [-0.2, 0) is 9.53 Å². The monoisotopic (exact) mass is 219 g/mol. The van der Waals surface area contributed by atoms with Gasteiger partial charge in [-0.05, 0) is 31.6 Å². The zero-order valence-electron chi connectivity index (χ0n) is 8.15. The molecule has 1 heterocycles. The largest absolute Gasteiger partial charge is 0.479 e. The van der Waals surface area contributed by atoms with Crippen LogP contribution < -0.4 is 5.73 Å². The van der Waals surface area contributed by atoms with Gasteiger partial charge in [0.2, 0.25) is 0 Å². The van der Waals surface area contributed by atoms with Gasteiger partial charge in [-0.3, -0.25) is 0 Å². The van der Waals surface area contributed by atoms with Crippen LogP contribution in [0.15, 0.2) is 0 Å². The van der Waals surface area contributed by atoms with Gasteiger partial charge in [0.1, 0.15) is 0 Å². The minimum absolute atomic E-state index is 0.124. The summed E-state index contributed by atoms with van der Waals surface area (Å²) in [5.74, 6) is 1.09. The van der Waals surface area contributed by atoms with E-state index in [9.17, 15) is 4.79 Å². The van der Waals surface area contributed by atoms with Crippen LogP contribution >= 0.6 is 11.8 Å². The molecule has 0 aromatic heterocycles. The van der Waals surface area contributed by atoms with E-state index in [4.69, 9.17) is 15.6 Å². The molecule has 1 aliphatic rings. The van der Waals surface area contributed by atoms with Crippen LogP contribution in [0.3, 0.4) is 0 Å². The summed E-state index contributed by atoms with van der Waals surface area (Å²) in [6.07, 6.45) is 2.08. The van der Waals surface area contributed by atoms with Gasteiger partial charge in [-0.15, -0.1) is 0 Å². The van der Waals surface area contributed by atoms with Gasteiger partial charge in [-0.1, -0.05) is 0 Å². The maximum atomic E-state index is 10.6. The van der Waals surface area contributed by atoms with Crippen molar-refractivity contribution in [2.75, 3.05) is 18.1 Å². The van der Waals surface area contributed by atoms with Crippen molar-refractivity contribution in [2.24, 2.45) is 5.73 Å². The number of aliphatic carboxylic acids is 1. The van der Waals surface area contributed by atoms with Crippen molar-refractivity contribution < 1.29 is 14.6 Å². The van der Waals surface area contributed by atoms with Crippen molar-refractivity contribution in [1.29, 1.82) is 0 Å². The van der Waals surface area contributed by atoms with E-state index in [-0.39, 0.29) is 6.10 Å². The molecule has 14 heavy (non-hydrogen) atoms. The Morgan fingerprint density at radius 3 is 2.93 bits per heavy atom. The predicted molar refractivity (Wildman–Crippen MR) is 56.5 cm³/mol. The molecule has 0 spiro atoms. The van der Waals surface area contributed by atoms with Crippen LogP contribution in [0.4, 0.5) is 0 Å². The predicted octanol–water partition coefficient (Wildman–Crippen LogP) is 0.701. The maximum absolute atomic E-state index is 10.6. The number of ether oxygens (including phenoxy) is 1. The van der Waals surface area contributed by atoms with Crippen LogP contribution in [0.2, 0.25) is 0 Å². The molecule has 4 nitrogen and oxygen atoms in total. The number of nitrogens with two attached hydrogens (primary N) is 1. The lowest BCUT2D eigenvalue weighted by atomic mass is 10.2. The molecule has 1 fully saturated rings. The highest BCUT2D eigenvalue weighted by atomic mass is 32.2. The normalized spacial score (nSPS) is 26.6. The third-order valence-electron chi connectivity index (χ3n) is 2.18. The van der Waals surface area contributed by atoms with Crippen molar-refractivity contribution in [3.63, 3.8) is 0 Å². The third kappa shape index (κ3) is 3.86. The van der Waals surface area contributed by atoms with Gasteiger partial charge in [0.25, 0.3) is 0 Å². The Balaban J connectivity index is 2.07. The molecule has 1 rings (SSSR count). The summed E-state index contributed by atoms with van der Waals surface area (Å²) in [6.45, 7) is 0.719. The van der Waals surface area contributed by atoms with E-state index >= 15 is 0 Å². The van der Waals surface area contributed by atoms with E-state index in [1.807, 2.05) is 0 Å². The number of thioether (sulfide) groups is 1. The molecule has 0 radical (unpaired) electrons. The standard InChI is InChI=1S/C9H17NO3S/c10-4-1-5-14-6-7-2-3-8(13-7)9(11)12/h7-8H,1-6,10H2,(H,11,12). The fourth-order valence-corrected chi connectivity index (χ4v) is 2.46. The molecule has 0 aromatic carbocycles. The average molecular weight is 219 g/mol. The number of rotatable bonds is 6. The van der Waals surface area contributed by atoms with E-state index in [1.54, 1.807) is 11.8 Å². The van der Waals surface area contributed by atoms with Crippen LogP contribution in [0.25, 0.3) is 0 Å². The first kappa shape index (κ1) is 11.8. The number of carboxylic acids is 1. The molecule has 0 saturated carbocycles. The van der Waals surface area contributed by atoms with Crippen LogP contribution in [0, 0.1) is 0 Å². The van der Waals surface area contributed by atoms with Gasteiger partial charge in [-0.25, -0.2) is 4.79 Å². The quantitative estimate of drug-likeness (QED) is 0.643. The average Bonchev–Trinajstić information content (AvgIpc) is 2.61. The summed E-state index contributed by atoms with van der Waals surface area (Å²) >= 11 is 1.79. The Morgan fingerprint density at radius 1 is 1.57 bits per heavy atom. The van der Waals surface area contributed by atoms with Gasteiger partial charge >= 0.3 is 5.97 Å². The highest BCUT2D eigenvalue weighted by Crippen LogP contribution is 2.23. The molecule has 0 aliphatic carbocycles. The van der Waals surface area contributed by atoms with Crippen LogP contribution in [-0.4, -0.2) is 41.3 Å². The van der Waals surface area contributed by atoms with Crippen molar-refractivity contribution in [2.45, 2.75) is 31.5 Å². The van der Waals surface area contributed by atoms with Gasteiger partial charge in [0, 0.05) is 5.75 Å². The molecule has 0 amide bonds. The number of hydrogen-bond acceptors (Lipinski definition) is 4. The van der Waals surface area contributed by atoms with Crippen molar-refractivity contribution >= 4 is 17.7 Å². The molecule has 1 aliphatic heterocycles. The first-order chi connectivity index (χ1) is 6.74. The van der Waals surface area contributed by atoms with Gasteiger partial charge < -0.3 is 15.6 Å². The maximum Gasteiger partial charge on any atom is 0.332 e. The molecule has 2 unspecified atom stereocenters. The SMILES string of the molecule is NCCCSCC1CCC(C(=O)O)O1. The lowest BCUT2D eigenvalue weighted by Crippen LogP contribution is -2.21. The topological polar surface area (TPSA) is 72.6 Å². The molecule has 3 N–H and O–H groups in total. The van der Waals surface area contributed by atoms with E-state index in [0.717, 1.165) is 30.9 Å². The number of carboxylic acid groups (broad SMARTS) is 1. The van der Waals surface area contributed by atoms with Crippen molar-refractivity contribution in [3.8, 4) is 0 Å². The summed E-state index contributed by atoms with van der Waals surface area (Å²) in [7, 11) is 0. The number of hydrogen-bond donors (Lipinski definition) is 2. The molecule has 0 bridgehead atoms. The first-order valence-corrected chi connectivity index (χ1v) is 6.05. The second-order valence-corrected chi connectivity index (χ2v) is 4.53. The smallest absolute Gasteiger partial charge is 0.332 e. The Bertz CT molecular complexity index is 189. The van der Waals surface area contributed by atoms with Crippen molar-refractivity contribution in [1.82, 2.24) is 0 Å². The Labute approximate surface area is 88.2 Å². The minimum Gasteiger partial charge on any atom is -0.479 e. The molecule has 5 heteroatoms. The highest BCUT2D eigenvalue weighted by Gasteiger charge is 2.29. The number of carbonyl (C=O) groups is 1. The summed E-state index contributed by atoms with van der Waals surface area (Å²) in [5.41, 5.74) is 5.36. The molecular weight excluding hydrogens is 202 g/mol.